The van der Waals surface area contributed by atoms with Gasteiger partial charge in [0.15, 0.2) is 0 Å². The van der Waals surface area contributed by atoms with Crippen LogP contribution in [0.25, 0.3) is 0 Å². The van der Waals surface area contributed by atoms with E-state index in [0.29, 0.717) is 6.04 Å². The molecule has 0 bridgehead atoms. The van der Waals surface area contributed by atoms with Gasteiger partial charge in [0.05, 0.1) is 0 Å². The molecule has 3 N–H and O–H groups in total. The summed E-state index contributed by atoms with van der Waals surface area (Å²) in [6.07, 6.45) is 7.44. The lowest BCUT2D eigenvalue weighted by atomic mass is 9.94. The molecule has 2 atom stereocenters. The van der Waals surface area contributed by atoms with Gasteiger partial charge in [0.2, 0.25) is 0 Å². The number of rotatable bonds is 3. The van der Waals surface area contributed by atoms with Gasteiger partial charge in [-0.25, -0.2) is 0 Å². The Bertz CT molecular complexity index is 423. The molecule has 2 unspecified atom stereocenters. The average Bonchev–Trinajstić information content (AvgIpc) is 2.36. The molecule has 1 saturated carbocycles. The van der Waals surface area contributed by atoms with E-state index in [0.717, 1.165) is 21.0 Å². The predicted octanol–water partition coefficient (Wildman–Crippen LogP) is 4.43. The summed E-state index contributed by atoms with van der Waals surface area (Å²) in [5, 5.41) is 4.48. The van der Waals surface area contributed by atoms with Crippen molar-refractivity contribution >= 4 is 39.1 Å². The molecule has 0 spiro atoms. The molecule has 4 heteroatoms. The first-order valence-electron chi connectivity index (χ1n) is 6.45. The Balaban J connectivity index is 2.07. The molecule has 1 aromatic rings. The van der Waals surface area contributed by atoms with Crippen molar-refractivity contribution in [2.75, 3.05) is 17.3 Å². The number of halogens is 1. The number of hydrogen-bond acceptors (Lipinski definition) is 3. The molecule has 0 heterocycles. The number of aryl methyl sites for hydroxylation is 1. The first kappa shape index (κ1) is 14.1. The van der Waals surface area contributed by atoms with E-state index in [1.807, 2.05) is 17.8 Å². The van der Waals surface area contributed by atoms with E-state index in [1.54, 1.807) is 0 Å². The zero-order chi connectivity index (χ0) is 13.1. The highest BCUT2D eigenvalue weighted by Crippen LogP contribution is 2.32. The van der Waals surface area contributed by atoms with Crippen molar-refractivity contribution in [3.05, 3.63) is 22.2 Å². The third-order valence-electron chi connectivity index (χ3n) is 3.67. The van der Waals surface area contributed by atoms with E-state index in [-0.39, 0.29) is 0 Å². The number of benzene rings is 1. The summed E-state index contributed by atoms with van der Waals surface area (Å²) in [6, 6.07) is 4.73. The van der Waals surface area contributed by atoms with E-state index in [4.69, 9.17) is 5.73 Å². The summed E-state index contributed by atoms with van der Waals surface area (Å²) >= 11 is 5.59. The molecular weight excluding hydrogens is 308 g/mol. The molecule has 1 aliphatic carbocycles. The smallest absolute Gasteiger partial charge is 0.0490 e. The minimum atomic E-state index is 0.593. The Labute approximate surface area is 122 Å². The van der Waals surface area contributed by atoms with Gasteiger partial charge in [0, 0.05) is 27.1 Å². The quantitative estimate of drug-likeness (QED) is 0.806. The SMILES string of the molecule is CSC1CCCC(Nc2cc(C)c(N)cc2Br)C1. The predicted molar refractivity (Wildman–Crippen MR) is 86.5 cm³/mol. The van der Waals surface area contributed by atoms with Crippen LogP contribution in [0.4, 0.5) is 11.4 Å². The highest BCUT2D eigenvalue weighted by molar-refractivity contribution is 9.10. The zero-order valence-corrected chi connectivity index (χ0v) is 13.4. The van der Waals surface area contributed by atoms with E-state index in [9.17, 15) is 0 Å². The van der Waals surface area contributed by atoms with Crippen molar-refractivity contribution in [1.29, 1.82) is 0 Å². The molecule has 0 amide bonds. The third-order valence-corrected chi connectivity index (χ3v) is 5.43. The van der Waals surface area contributed by atoms with E-state index in [2.05, 4.69) is 40.5 Å². The van der Waals surface area contributed by atoms with Crippen molar-refractivity contribution in [3.8, 4) is 0 Å². The summed E-state index contributed by atoms with van der Waals surface area (Å²) in [6.45, 7) is 2.05. The summed E-state index contributed by atoms with van der Waals surface area (Å²) < 4.78 is 1.07. The van der Waals surface area contributed by atoms with Gasteiger partial charge in [-0.1, -0.05) is 6.42 Å². The second kappa shape index (κ2) is 6.20. The molecule has 1 aliphatic rings. The van der Waals surface area contributed by atoms with Crippen molar-refractivity contribution in [2.24, 2.45) is 0 Å². The monoisotopic (exact) mass is 328 g/mol. The summed E-state index contributed by atoms with van der Waals surface area (Å²) in [5.41, 5.74) is 9.06. The number of hydrogen-bond donors (Lipinski definition) is 2. The molecular formula is C14H21BrN2S. The summed E-state index contributed by atoms with van der Waals surface area (Å²) in [5.74, 6) is 0. The lowest BCUT2D eigenvalue weighted by Crippen LogP contribution is -2.28. The first-order chi connectivity index (χ1) is 8.60. The third kappa shape index (κ3) is 3.35. The maximum Gasteiger partial charge on any atom is 0.0490 e. The maximum atomic E-state index is 5.91. The second-order valence-corrected chi connectivity index (χ2v) is 7.05. The van der Waals surface area contributed by atoms with Crippen molar-refractivity contribution in [2.45, 2.75) is 43.9 Å². The molecule has 2 rings (SSSR count). The van der Waals surface area contributed by atoms with Gasteiger partial charge < -0.3 is 11.1 Å². The molecule has 1 aromatic carbocycles. The molecule has 0 saturated heterocycles. The molecule has 0 aliphatic heterocycles. The van der Waals surface area contributed by atoms with Crippen molar-refractivity contribution in [3.63, 3.8) is 0 Å². The van der Waals surface area contributed by atoms with Crippen molar-refractivity contribution < 1.29 is 0 Å². The molecule has 0 radical (unpaired) electrons. The van der Waals surface area contributed by atoms with Gasteiger partial charge >= 0.3 is 0 Å². The fourth-order valence-corrected chi connectivity index (χ4v) is 3.82. The summed E-state index contributed by atoms with van der Waals surface area (Å²) in [4.78, 5) is 0. The topological polar surface area (TPSA) is 38.0 Å². The zero-order valence-electron chi connectivity index (χ0n) is 11.0. The number of thioether (sulfide) groups is 1. The largest absolute Gasteiger partial charge is 0.398 e. The van der Waals surface area contributed by atoms with E-state index >= 15 is 0 Å². The van der Waals surface area contributed by atoms with Gasteiger partial charge in [-0.05, 0) is 66.1 Å². The lowest BCUT2D eigenvalue weighted by Gasteiger charge is -2.30. The lowest BCUT2D eigenvalue weighted by molar-refractivity contribution is 0.473. The number of nitrogen functional groups attached to an aromatic ring is 1. The fraction of sp³-hybridized carbons (Fsp3) is 0.571. The Morgan fingerprint density at radius 3 is 2.89 bits per heavy atom. The highest BCUT2D eigenvalue weighted by Gasteiger charge is 2.21. The number of anilines is 2. The molecule has 100 valence electrons. The van der Waals surface area contributed by atoms with Crippen molar-refractivity contribution in [1.82, 2.24) is 0 Å². The Morgan fingerprint density at radius 2 is 2.17 bits per heavy atom. The van der Waals surface area contributed by atoms with Gasteiger partial charge in [0.1, 0.15) is 0 Å². The van der Waals surface area contributed by atoms with Crippen LogP contribution in [0.15, 0.2) is 16.6 Å². The van der Waals surface area contributed by atoms with Crippen LogP contribution in [-0.4, -0.2) is 17.5 Å². The average molecular weight is 329 g/mol. The van der Waals surface area contributed by atoms with E-state index < -0.39 is 0 Å². The van der Waals surface area contributed by atoms with Gasteiger partial charge in [-0.15, -0.1) is 0 Å². The second-order valence-electron chi connectivity index (χ2n) is 5.05. The highest BCUT2D eigenvalue weighted by atomic mass is 79.9. The molecule has 1 fully saturated rings. The Morgan fingerprint density at radius 1 is 1.39 bits per heavy atom. The standard InChI is InChI=1S/C14H21BrN2S/c1-9-6-14(12(15)8-13(9)16)17-10-4-3-5-11(7-10)18-2/h6,8,10-11,17H,3-5,7,16H2,1-2H3. The van der Waals surface area contributed by atoms with E-state index in [1.165, 1.54) is 31.4 Å². The van der Waals surface area contributed by atoms with Gasteiger partial charge in [0.25, 0.3) is 0 Å². The van der Waals surface area contributed by atoms with Gasteiger partial charge in [-0.3, -0.25) is 0 Å². The Kier molecular flexibility index (Phi) is 4.84. The molecule has 18 heavy (non-hydrogen) atoms. The minimum absolute atomic E-state index is 0.593. The molecule has 0 aromatic heterocycles. The maximum absolute atomic E-state index is 5.91. The number of nitrogens with one attached hydrogen (secondary N) is 1. The fourth-order valence-electron chi connectivity index (χ4n) is 2.52. The van der Waals surface area contributed by atoms with Crippen LogP contribution in [0.1, 0.15) is 31.2 Å². The van der Waals surface area contributed by atoms with Crippen LogP contribution in [0, 0.1) is 6.92 Å². The normalized spacial score (nSPS) is 23.9. The van der Waals surface area contributed by atoms with Crippen LogP contribution in [0.3, 0.4) is 0 Å². The van der Waals surface area contributed by atoms with Crippen LogP contribution in [-0.2, 0) is 0 Å². The van der Waals surface area contributed by atoms with Crippen LogP contribution >= 0.6 is 27.7 Å². The van der Waals surface area contributed by atoms with Crippen LogP contribution < -0.4 is 11.1 Å². The summed E-state index contributed by atoms with van der Waals surface area (Å²) in [7, 11) is 0. The first-order valence-corrected chi connectivity index (χ1v) is 8.53. The minimum Gasteiger partial charge on any atom is -0.398 e. The molecule has 2 nitrogen and oxygen atoms in total. The van der Waals surface area contributed by atoms with Crippen LogP contribution in [0.2, 0.25) is 0 Å². The Hall–Kier alpha value is -0.350. The number of nitrogens with two attached hydrogens (primary N) is 1. The van der Waals surface area contributed by atoms with Gasteiger partial charge in [-0.2, -0.15) is 11.8 Å². The van der Waals surface area contributed by atoms with Crippen LogP contribution in [0.5, 0.6) is 0 Å².